The highest BCUT2D eigenvalue weighted by Gasteiger charge is 2.03. The number of ketones is 1. The van der Waals surface area contributed by atoms with Gasteiger partial charge in [0.1, 0.15) is 12.4 Å². The Labute approximate surface area is 112 Å². The number of carbonyl (C=O) groups is 1. The molecule has 2 nitrogen and oxygen atoms in total. The normalized spacial score (nSPS) is 10.2. The topological polar surface area (TPSA) is 26.3 Å². The minimum Gasteiger partial charge on any atom is -0.488 e. The maximum absolute atomic E-state index is 11.1. The van der Waals surface area contributed by atoms with Gasteiger partial charge in [0.05, 0.1) is 4.88 Å². The molecule has 0 atom stereocenters. The van der Waals surface area contributed by atoms with Crippen molar-refractivity contribution in [3.8, 4) is 5.75 Å². The average molecular weight is 311 g/mol. The smallest absolute Gasteiger partial charge is 0.159 e. The molecule has 0 radical (unpaired) electrons. The van der Waals surface area contributed by atoms with Crippen LogP contribution < -0.4 is 4.74 Å². The molecule has 88 valence electrons. The minimum atomic E-state index is 0.0672. The molecule has 0 N–H and O–H groups in total. The molecule has 0 spiro atoms. The first kappa shape index (κ1) is 12.3. The Kier molecular flexibility index (Phi) is 3.97. The van der Waals surface area contributed by atoms with Crippen molar-refractivity contribution in [1.82, 2.24) is 0 Å². The largest absolute Gasteiger partial charge is 0.488 e. The van der Waals surface area contributed by atoms with Crippen molar-refractivity contribution >= 4 is 33.0 Å². The molecule has 0 aliphatic heterocycles. The highest BCUT2D eigenvalue weighted by molar-refractivity contribution is 9.10. The summed E-state index contributed by atoms with van der Waals surface area (Å²) < 4.78 is 6.71. The second-order valence-corrected chi connectivity index (χ2v) is 5.42. The Morgan fingerprint density at radius 2 is 2.00 bits per heavy atom. The van der Waals surface area contributed by atoms with Crippen LogP contribution >= 0.6 is 27.3 Å². The Hall–Kier alpha value is -1.13. The minimum absolute atomic E-state index is 0.0672. The number of benzene rings is 1. The maximum Gasteiger partial charge on any atom is 0.159 e. The highest BCUT2D eigenvalue weighted by atomic mass is 79.9. The van der Waals surface area contributed by atoms with Crippen LogP contribution in [0.5, 0.6) is 5.75 Å². The summed E-state index contributed by atoms with van der Waals surface area (Å²) in [6.07, 6.45) is 0. The average Bonchev–Trinajstić information content (AvgIpc) is 2.73. The fraction of sp³-hybridized carbons (Fsp3) is 0.154. The van der Waals surface area contributed by atoms with Gasteiger partial charge in [-0.15, -0.1) is 11.3 Å². The number of rotatable bonds is 4. The van der Waals surface area contributed by atoms with Crippen molar-refractivity contribution < 1.29 is 9.53 Å². The Bertz CT molecular complexity index is 516. The van der Waals surface area contributed by atoms with Crippen molar-refractivity contribution in [1.29, 1.82) is 0 Å². The number of thiophene rings is 1. The first-order valence-electron chi connectivity index (χ1n) is 5.12. The van der Waals surface area contributed by atoms with Gasteiger partial charge in [-0.25, -0.2) is 0 Å². The molecule has 1 heterocycles. The molecule has 2 rings (SSSR count). The van der Waals surface area contributed by atoms with Gasteiger partial charge in [0.15, 0.2) is 5.78 Å². The van der Waals surface area contributed by atoms with E-state index in [0.29, 0.717) is 12.2 Å². The molecule has 2 aromatic rings. The van der Waals surface area contributed by atoms with E-state index in [1.165, 1.54) is 0 Å². The molecule has 1 aromatic carbocycles. The van der Waals surface area contributed by atoms with E-state index in [-0.39, 0.29) is 5.78 Å². The van der Waals surface area contributed by atoms with Crippen LogP contribution in [0.15, 0.2) is 40.2 Å². The van der Waals surface area contributed by atoms with Crippen LogP contribution in [-0.4, -0.2) is 5.78 Å². The van der Waals surface area contributed by atoms with Crippen molar-refractivity contribution in [2.45, 2.75) is 13.5 Å². The van der Waals surface area contributed by atoms with Crippen LogP contribution in [0.3, 0.4) is 0 Å². The summed E-state index contributed by atoms with van der Waals surface area (Å²) in [5.41, 5.74) is 0.703. The summed E-state index contributed by atoms with van der Waals surface area (Å²) in [4.78, 5) is 12.3. The van der Waals surface area contributed by atoms with E-state index in [2.05, 4.69) is 15.9 Å². The molecule has 0 aliphatic carbocycles. The van der Waals surface area contributed by atoms with Gasteiger partial charge in [0.2, 0.25) is 0 Å². The van der Waals surface area contributed by atoms with E-state index in [0.717, 1.165) is 15.1 Å². The number of hydrogen-bond donors (Lipinski definition) is 0. The van der Waals surface area contributed by atoms with Crippen molar-refractivity contribution in [2.24, 2.45) is 0 Å². The van der Waals surface area contributed by atoms with Gasteiger partial charge in [0.25, 0.3) is 0 Å². The lowest BCUT2D eigenvalue weighted by molar-refractivity contribution is 0.101. The lowest BCUT2D eigenvalue weighted by Crippen LogP contribution is -1.95. The fourth-order valence-corrected chi connectivity index (χ4v) is 2.74. The first-order valence-corrected chi connectivity index (χ1v) is 6.80. The second-order valence-electron chi connectivity index (χ2n) is 3.56. The summed E-state index contributed by atoms with van der Waals surface area (Å²) in [7, 11) is 0. The molecule has 0 saturated carbocycles. The van der Waals surface area contributed by atoms with Gasteiger partial charge in [-0.05, 0) is 58.6 Å². The molecule has 4 heteroatoms. The Balaban J connectivity index is 2.00. The molecule has 0 amide bonds. The van der Waals surface area contributed by atoms with Crippen LogP contribution in [-0.2, 0) is 6.61 Å². The quantitative estimate of drug-likeness (QED) is 0.787. The van der Waals surface area contributed by atoms with Crippen LogP contribution in [0.4, 0.5) is 0 Å². The lowest BCUT2D eigenvalue weighted by Gasteiger charge is -2.05. The van der Waals surface area contributed by atoms with Crippen LogP contribution in [0.25, 0.3) is 0 Å². The summed E-state index contributed by atoms with van der Waals surface area (Å²) >= 11 is 5.11. The zero-order valence-corrected chi connectivity index (χ0v) is 11.7. The highest BCUT2D eigenvalue weighted by Crippen LogP contribution is 2.24. The first-order chi connectivity index (χ1) is 8.16. The van der Waals surface area contributed by atoms with E-state index in [4.69, 9.17) is 4.74 Å². The predicted octanol–water partition coefficient (Wildman–Crippen LogP) is 4.29. The van der Waals surface area contributed by atoms with Crippen molar-refractivity contribution in [3.05, 3.63) is 50.6 Å². The van der Waals surface area contributed by atoms with Gasteiger partial charge >= 0.3 is 0 Å². The molecule has 17 heavy (non-hydrogen) atoms. The van der Waals surface area contributed by atoms with Gasteiger partial charge < -0.3 is 4.74 Å². The van der Waals surface area contributed by atoms with E-state index < -0.39 is 0 Å². The molecule has 1 aromatic heterocycles. The standard InChI is InChI=1S/C13H11BrO2S/c1-9(15)10-2-4-11(5-3-10)16-8-13-12(14)6-7-17-13/h2-7H,8H2,1H3. The van der Waals surface area contributed by atoms with E-state index in [1.54, 1.807) is 30.4 Å². The van der Waals surface area contributed by atoms with Crippen molar-refractivity contribution in [2.75, 3.05) is 0 Å². The monoisotopic (exact) mass is 310 g/mol. The van der Waals surface area contributed by atoms with Crippen LogP contribution in [0.2, 0.25) is 0 Å². The third-order valence-corrected chi connectivity index (χ3v) is 4.22. The third kappa shape index (κ3) is 3.17. The maximum atomic E-state index is 11.1. The Morgan fingerprint density at radius 3 is 2.53 bits per heavy atom. The molecule has 0 unspecified atom stereocenters. The lowest BCUT2D eigenvalue weighted by atomic mass is 10.1. The summed E-state index contributed by atoms with van der Waals surface area (Å²) in [6.45, 7) is 2.09. The van der Waals surface area contributed by atoms with Gasteiger partial charge in [-0.1, -0.05) is 0 Å². The Morgan fingerprint density at radius 1 is 1.29 bits per heavy atom. The van der Waals surface area contributed by atoms with E-state index in [9.17, 15) is 4.79 Å². The van der Waals surface area contributed by atoms with Gasteiger partial charge in [-0.2, -0.15) is 0 Å². The van der Waals surface area contributed by atoms with Crippen LogP contribution in [0.1, 0.15) is 22.2 Å². The number of hydrogen-bond acceptors (Lipinski definition) is 3. The summed E-state index contributed by atoms with van der Waals surface area (Å²) in [6, 6.07) is 9.20. The number of ether oxygens (including phenoxy) is 1. The fourth-order valence-electron chi connectivity index (χ4n) is 1.36. The van der Waals surface area contributed by atoms with Crippen LogP contribution in [0, 0.1) is 0 Å². The molecule has 0 fully saturated rings. The van der Waals surface area contributed by atoms with Crippen molar-refractivity contribution in [3.63, 3.8) is 0 Å². The second kappa shape index (κ2) is 5.47. The van der Waals surface area contributed by atoms with E-state index in [1.807, 2.05) is 23.6 Å². The van der Waals surface area contributed by atoms with Gasteiger partial charge in [0, 0.05) is 10.0 Å². The summed E-state index contributed by atoms with van der Waals surface area (Å²) in [5, 5.41) is 2.02. The summed E-state index contributed by atoms with van der Waals surface area (Å²) in [5.74, 6) is 0.841. The zero-order chi connectivity index (χ0) is 12.3. The molecular formula is C13H11BrO2S. The number of carbonyl (C=O) groups excluding carboxylic acids is 1. The molecule has 0 bridgehead atoms. The predicted molar refractivity (Wildman–Crippen MR) is 72.8 cm³/mol. The zero-order valence-electron chi connectivity index (χ0n) is 9.27. The third-order valence-electron chi connectivity index (χ3n) is 2.32. The number of Topliss-reactive ketones (excluding diaryl/α,β-unsaturated/α-hetero) is 1. The van der Waals surface area contributed by atoms with E-state index >= 15 is 0 Å². The SMILES string of the molecule is CC(=O)c1ccc(OCc2sccc2Br)cc1. The van der Waals surface area contributed by atoms with Gasteiger partial charge in [-0.3, -0.25) is 4.79 Å². The molecule has 0 aliphatic rings. The molecular weight excluding hydrogens is 300 g/mol. The number of halogens is 1. The molecule has 0 saturated heterocycles.